The standard InChI is InChI=1S/C23H30BrFO/c1-2-3-4-5-6-7-8-9-16-26-23-15-14-21(17-22(23)25)20-12-10-19(18-24)11-13-20/h10-15,17H,2-9,16,18H2,1H3. The number of unbranched alkanes of at least 4 members (excludes halogenated alkanes) is 7. The first-order chi connectivity index (χ1) is 12.7. The predicted molar refractivity (Wildman–Crippen MR) is 113 cm³/mol. The Morgan fingerprint density at radius 3 is 2.04 bits per heavy atom. The molecule has 3 heteroatoms. The second kappa shape index (κ2) is 12.1. The van der Waals surface area contributed by atoms with E-state index in [2.05, 4.69) is 35.0 Å². The van der Waals surface area contributed by atoms with Crippen molar-refractivity contribution >= 4 is 15.9 Å². The van der Waals surface area contributed by atoms with Crippen LogP contribution in [0.3, 0.4) is 0 Å². The molecule has 2 aromatic carbocycles. The zero-order valence-electron chi connectivity index (χ0n) is 15.8. The van der Waals surface area contributed by atoms with Gasteiger partial charge >= 0.3 is 0 Å². The SMILES string of the molecule is CCCCCCCCCCOc1ccc(-c2ccc(CBr)cc2)cc1F. The van der Waals surface area contributed by atoms with Crippen molar-refractivity contribution in [1.29, 1.82) is 0 Å². The summed E-state index contributed by atoms with van der Waals surface area (Å²) in [5.41, 5.74) is 3.10. The van der Waals surface area contributed by atoms with Gasteiger partial charge in [-0.15, -0.1) is 0 Å². The summed E-state index contributed by atoms with van der Waals surface area (Å²) < 4.78 is 19.9. The van der Waals surface area contributed by atoms with Gasteiger partial charge in [-0.3, -0.25) is 0 Å². The highest BCUT2D eigenvalue weighted by Gasteiger charge is 2.06. The van der Waals surface area contributed by atoms with Crippen LogP contribution in [0.2, 0.25) is 0 Å². The monoisotopic (exact) mass is 420 g/mol. The molecule has 0 aromatic heterocycles. The maximum atomic E-state index is 14.3. The molecule has 0 aliphatic heterocycles. The number of hydrogen-bond acceptors (Lipinski definition) is 1. The number of hydrogen-bond donors (Lipinski definition) is 0. The van der Waals surface area contributed by atoms with Gasteiger partial charge in [0.2, 0.25) is 0 Å². The minimum Gasteiger partial charge on any atom is -0.491 e. The van der Waals surface area contributed by atoms with Gasteiger partial charge in [-0.25, -0.2) is 4.39 Å². The number of ether oxygens (including phenoxy) is 1. The van der Waals surface area contributed by atoms with E-state index in [-0.39, 0.29) is 5.82 Å². The van der Waals surface area contributed by atoms with Crippen LogP contribution in [0.15, 0.2) is 42.5 Å². The van der Waals surface area contributed by atoms with Crippen LogP contribution < -0.4 is 4.74 Å². The van der Waals surface area contributed by atoms with E-state index in [1.807, 2.05) is 18.2 Å². The lowest BCUT2D eigenvalue weighted by atomic mass is 10.0. The highest BCUT2D eigenvalue weighted by Crippen LogP contribution is 2.26. The van der Waals surface area contributed by atoms with Gasteiger partial charge in [0, 0.05) is 5.33 Å². The predicted octanol–water partition coefficient (Wildman–Crippen LogP) is 7.91. The Morgan fingerprint density at radius 1 is 0.808 bits per heavy atom. The molecule has 2 aromatic rings. The minimum absolute atomic E-state index is 0.286. The molecule has 0 radical (unpaired) electrons. The molecular formula is C23H30BrFO. The van der Waals surface area contributed by atoms with Gasteiger partial charge in [-0.05, 0) is 35.2 Å². The number of alkyl halides is 1. The summed E-state index contributed by atoms with van der Waals surface area (Å²) in [6.07, 6.45) is 10.0. The smallest absolute Gasteiger partial charge is 0.165 e. The van der Waals surface area contributed by atoms with Crippen LogP contribution in [0.25, 0.3) is 11.1 Å². The van der Waals surface area contributed by atoms with E-state index in [0.717, 1.165) is 29.3 Å². The normalized spacial score (nSPS) is 10.9. The molecule has 0 fully saturated rings. The Bertz CT molecular complexity index is 639. The Labute approximate surface area is 166 Å². The second-order valence-electron chi connectivity index (χ2n) is 6.80. The van der Waals surface area contributed by atoms with E-state index in [1.54, 1.807) is 12.1 Å². The van der Waals surface area contributed by atoms with Crippen LogP contribution in [-0.4, -0.2) is 6.61 Å². The summed E-state index contributed by atoms with van der Waals surface area (Å²) in [5.74, 6) is 0.0698. The molecule has 2 rings (SSSR count). The lowest BCUT2D eigenvalue weighted by molar-refractivity contribution is 0.290. The van der Waals surface area contributed by atoms with E-state index >= 15 is 0 Å². The van der Waals surface area contributed by atoms with E-state index < -0.39 is 0 Å². The highest BCUT2D eigenvalue weighted by atomic mass is 79.9. The van der Waals surface area contributed by atoms with Crippen molar-refractivity contribution in [1.82, 2.24) is 0 Å². The minimum atomic E-state index is -0.286. The van der Waals surface area contributed by atoms with Gasteiger partial charge in [0.05, 0.1) is 6.61 Å². The first-order valence-electron chi connectivity index (χ1n) is 9.82. The molecule has 0 saturated carbocycles. The van der Waals surface area contributed by atoms with Crippen molar-refractivity contribution in [3.8, 4) is 16.9 Å². The van der Waals surface area contributed by atoms with Crippen LogP contribution in [0.5, 0.6) is 5.75 Å². The zero-order valence-corrected chi connectivity index (χ0v) is 17.4. The van der Waals surface area contributed by atoms with Gasteiger partial charge in [-0.1, -0.05) is 98.1 Å². The molecule has 26 heavy (non-hydrogen) atoms. The molecule has 1 nitrogen and oxygen atoms in total. The fraction of sp³-hybridized carbons (Fsp3) is 0.478. The van der Waals surface area contributed by atoms with E-state index in [0.29, 0.717) is 12.4 Å². The van der Waals surface area contributed by atoms with Crippen LogP contribution in [0.1, 0.15) is 63.9 Å². The summed E-state index contributed by atoms with van der Waals surface area (Å²) >= 11 is 3.44. The number of rotatable bonds is 12. The number of benzene rings is 2. The Morgan fingerprint density at radius 2 is 1.42 bits per heavy atom. The van der Waals surface area contributed by atoms with Crippen LogP contribution in [0.4, 0.5) is 4.39 Å². The van der Waals surface area contributed by atoms with Crippen molar-refractivity contribution in [2.45, 2.75) is 63.6 Å². The largest absolute Gasteiger partial charge is 0.491 e. The van der Waals surface area contributed by atoms with Crippen molar-refractivity contribution < 1.29 is 9.13 Å². The van der Waals surface area contributed by atoms with Crippen molar-refractivity contribution in [3.63, 3.8) is 0 Å². The van der Waals surface area contributed by atoms with Crippen LogP contribution >= 0.6 is 15.9 Å². The third kappa shape index (κ3) is 7.11. The summed E-state index contributed by atoms with van der Waals surface area (Å²) in [4.78, 5) is 0. The third-order valence-corrected chi connectivity index (χ3v) is 5.28. The third-order valence-electron chi connectivity index (χ3n) is 4.63. The zero-order chi connectivity index (χ0) is 18.6. The maximum Gasteiger partial charge on any atom is 0.165 e. The molecule has 0 aliphatic rings. The van der Waals surface area contributed by atoms with Gasteiger partial charge in [-0.2, -0.15) is 0 Å². The van der Waals surface area contributed by atoms with Crippen molar-refractivity contribution in [2.24, 2.45) is 0 Å². The first-order valence-corrected chi connectivity index (χ1v) is 10.9. The summed E-state index contributed by atoms with van der Waals surface area (Å²) in [6.45, 7) is 2.83. The molecule has 0 amide bonds. The topological polar surface area (TPSA) is 9.23 Å². The van der Waals surface area contributed by atoms with Gasteiger partial charge in [0.25, 0.3) is 0 Å². The van der Waals surface area contributed by atoms with Gasteiger partial charge in [0.15, 0.2) is 11.6 Å². The van der Waals surface area contributed by atoms with Gasteiger partial charge < -0.3 is 4.74 Å². The fourth-order valence-electron chi connectivity index (χ4n) is 3.00. The summed E-state index contributed by atoms with van der Waals surface area (Å²) in [5, 5.41) is 0.827. The quantitative estimate of drug-likeness (QED) is 0.250. The molecule has 142 valence electrons. The van der Waals surface area contributed by atoms with Crippen LogP contribution in [-0.2, 0) is 5.33 Å². The molecule has 0 heterocycles. The summed E-state index contributed by atoms with van der Waals surface area (Å²) in [6, 6.07) is 13.4. The average molecular weight is 421 g/mol. The van der Waals surface area contributed by atoms with Crippen molar-refractivity contribution in [2.75, 3.05) is 6.61 Å². The highest BCUT2D eigenvalue weighted by molar-refractivity contribution is 9.08. The molecule has 0 unspecified atom stereocenters. The van der Waals surface area contributed by atoms with E-state index in [9.17, 15) is 4.39 Å². The maximum absolute atomic E-state index is 14.3. The number of halogens is 2. The first kappa shape index (κ1) is 21.0. The molecular weight excluding hydrogens is 391 g/mol. The molecule has 0 bridgehead atoms. The van der Waals surface area contributed by atoms with E-state index in [1.165, 1.54) is 44.1 Å². The fourth-order valence-corrected chi connectivity index (χ4v) is 3.38. The van der Waals surface area contributed by atoms with Gasteiger partial charge in [0.1, 0.15) is 0 Å². The Kier molecular flexibility index (Phi) is 9.76. The Hall–Kier alpha value is -1.35. The molecule has 0 spiro atoms. The van der Waals surface area contributed by atoms with Crippen LogP contribution in [0, 0.1) is 5.82 Å². The molecule has 0 N–H and O–H groups in total. The second-order valence-corrected chi connectivity index (χ2v) is 7.36. The molecule has 0 saturated heterocycles. The van der Waals surface area contributed by atoms with Crippen molar-refractivity contribution in [3.05, 3.63) is 53.8 Å². The average Bonchev–Trinajstić information content (AvgIpc) is 2.68. The Balaban J connectivity index is 1.73. The van der Waals surface area contributed by atoms with E-state index in [4.69, 9.17) is 4.74 Å². The summed E-state index contributed by atoms with van der Waals surface area (Å²) in [7, 11) is 0. The lowest BCUT2D eigenvalue weighted by Gasteiger charge is -2.09. The molecule has 0 atom stereocenters. The lowest BCUT2D eigenvalue weighted by Crippen LogP contribution is -1.99. The molecule has 0 aliphatic carbocycles.